The lowest BCUT2D eigenvalue weighted by atomic mass is 10.0. The molecule has 9 heteroatoms. The van der Waals surface area contributed by atoms with Crippen molar-refractivity contribution >= 4 is 34.8 Å². The van der Waals surface area contributed by atoms with Crippen LogP contribution >= 0.6 is 11.8 Å². The fourth-order valence-corrected chi connectivity index (χ4v) is 4.20. The Bertz CT molecular complexity index is 1170. The van der Waals surface area contributed by atoms with Crippen LogP contribution in [0, 0.1) is 6.92 Å². The quantitative estimate of drug-likeness (QED) is 0.443. The van der Waals surface area contributed by atoms with Gasteiger partial charge in [-0.15, -0.1) is 24.9 Å². The average molecular weight is 459 g/mol. The highest BCUT2D eigenvalue weighted by atomic mass is 32.2. The van der Waals surface area contributed by atoms with Gasteiger partial charge >= 0.3 is 6.36 Å². The van der Waals surface area contributed by atoms with E-state index in [-0.39, 0.29) is 16.2 Å². The van der Waals surface area contributed by atoms with E-state index in [0.29, 0.717) is 17.1 Å². The lowest BCUT2D eigenvalue weighted by Crippen LogP contribution is -2.31. The number of hydrogen-bond acceptors (Lipinski definition) is 5. The van der Waals surface area contributed by atoms with Crippen molar-refractivity contribution in [1.82, 2.24) is 0 Å². The number of imide groups is 1. The minimum absolute atomic E-state index is 0.146. The molecule has 164 valence electrons. The van der Waals surface area contributed by atoms with Crippen molar-refractivity contribution in [2.24, 2.45) is 0 Å². The SMILES string of the molecule is Cc1ccc(C2=C(SCc3ccco3)C(=O)N(c3ccc(OC(F)(F)F)cc3)C2=O)cc1. The third kappa shape index (κ3) is 4.57. The van der Waals surface area contributed by atoms with Crippen LogP contribution in [0.5, 0.6) is 5.75 Å². The number of hydrogen-bond donors (Lipinski definition) is 0. The Hall–Kier alpha value is -3.46. The van der Waals surface area contributed by atoms with Crippen LogP contribution in [0.2, 0.25) is 0 Å². The van der Waals surface area contributed by atoms with Gasteiger partial charge in [0.15, 0.2) is 0 Å². The zero-order valence-corrected chi connectivity index (χ0v) is 17.5. The second-order valence-corrected chi connectivity index (χ2v) is 7.91. The maximum atomic E-state index is 13.3. The fraction of sp³-hybridized carbons (Fsp3) is 0.130. The molecule has 0 saturated carbocycles. The molecule has 0 N–H and O–H groups in total. The summed E-state index contributed by atoms with van der Waals surface area (Å²) in [5.41, 5.74) is 1.96. The highest BCUT2D eigenvalue weighted by Crippen LogP contribution is 2.40. The summed E-state index contributed by atoms with van der Waals surface area (Å²) in [6, 6.07) is 15.3. The number of aryl methyl sites for hydroxylation is 1. The van der Waals surface area contributed by atoms with Gasteiger partial charge in [0.25, 0.3) is 11.8 Å². The lowest BCUT2D eigenvalue weighted by molar-refractivity contribution is -0.274. The summed E-state index contributed by atoms with van der Waals surface area (Å²) in [7, 11) is 0. The molecular formula is C23H16F3NO4S. The number of alkyl halides is 3. The van der Waals surface area contributed by atoms with E-state index in [2.05, 4.69) is 4.74 Å². The van der Waals surface area contributed by atoms with Gasteiger partial charge in [0, 0.05) is 0 Å². The van der Waals surface area contributed by atoms with E-state index >= 15 is 0 Å². The first-order valence-electron chi connectivity index (χ1n) is 9.44. The molecule has 1 aromatic heterocycles. The Balaban J connectivity index is 1.67. The summed E-state index contributed by atoms with van der Waals surface area (Å²) in [6.07, 6.45) is -3.32. The van der Waals surface area contributed by atoms with Crippen LogP contribution < -0.4 is 9.64 Å². The number of furan rings is 1. The molecule has 5 nitrogen and oxygen atoms in total. The molecule has 2 amide bonds. The van der Waals surface area contributed by atoms with E-state index < -0.39 is 23.9 Å². The molecule has 0 unspecified atom stereocenters. The summed E-state index contributed by atoms with van der Waals surface area (Å²) >= 11 is 1.17. The predicted molar refractivity (Wildman–Crippen MR) is 114 cm³/mol. The van der Waals surface area contributed by atoms with Crippen LogP contribution in [-0.2, 0) is 15.3 Å². The third-order valence-corrected chi connectivity index (χ3v) is 5.75. The van der Waals surface area contributed by atoms with Gasteiger partial charge in [0.05, 0.1) is 28.2 Å². The van der Waals surface area contributed by atoms with E-state index in [9.17, 15) is 22.8 Å². The molecule has 2 aromatic carbocycles. The molecule has 0 bridgehead atoms. The molecule has 2 heterocycles. The number of benzene rings is 2. The number of carbonyl (C=O) groups is 2. The van der Waals surface area contributed by atoms with Gasteiger partial charge in [0.2, 0.25) is 0 Å². The van der Waals surface area contributed by atoms with Gasteiger partial charge in [-0.2, -0.15) is 0 Å². The molecule has 0 saturated heterocycles. The minimum Gasteiger partial charge on any atom is -0.468 e. The van der Waals surface area contributed by atoms with E-state index in [1.165, 1.54) is 30.2 Å². The first kappa shape index (κ1) is 21.8. The van der Waals surface area contributed by atoms with Crippen LogP contribution in [0.15, 0.2) is 76.2 Å². The maximum Gasteiger partial charge on any atom is 0.573 e. The topological polar surface area (TPSA) is 59.8 Å². The van der Waals surface area contributed by atoms with Gasteiger partial charge in [-0.3, -0.25) is 9.59 Å². The molecule has 1 aliphatic heterocycles. The molecule has 0 aliphatic carbocycles. The van der Waals surface area contributed by atoms with Crippen molar-refractivity contribution in [2.75, 3.05) is 4.90 Å². The lowest BCUT2D eigenvalue weighted by Gasteiger charge is -2.16. The molecule has 3 aromatic rings. The average Bonchev–Trinajstić information content (AvgIpc) is 3.33. The van der Waals surface area contributed by atoms with Crippen molar-refractivity contribution in [1.29, 1.82) is 0 Å². The summed E-state index contributed by atoms with van der Waals surface area (Å²) in [5.74, 6) is -0.572. The fourth-order valence-electron chi connectivity index (χ4n) is 3.19. The van der Waals surface area contributed by atoms with Gasteiger partial charge in [-0.05, 0) is 48.9 Å². The second-order valence-electron chi connectivity index (χ2n) is 6.93. The smallest absolute Gasteiger partial charge is 0.468 e. The van der Waals surface area contributed by atoms with Crippen LogP contribution in [0.1, 0.15) is 16.9 Å². The van der Waals surface area contributed by atoms with Crippen molar-refractivity contribution in [2.45, 2.75) is 19.0 Å². The highest BCUT2D eigenvalue weighted by molar-refractivity contribution is 8.03. The standard InChI is InChI=1S/C23H16F3NO4S/c1-14-4-6-15(7-5-14)19-20(32-13-18-3-2-12-30-18)22(29)27(21(19)28)16-8-10-17(11-9-16)31-23(24,25)26/h2-12H,13H2,1H3. The number of thioether (sulfide) groups is 1. The Morgan fingerprint density at radius 2 is 1.66 bits per heavy atom. The van der Waals surface area contributed by atoms with Crippen LogP contribution in [-0.4, -0.2) is 18.2 Å². The molecular weight excluding hydrogens is 443 g/mol. The molecule has 32 heavy (non-hydrogen) atoms. The highest BCUT2D eigenvalue weighted by Gasteiger charge is 2.40. The molecule has 1 aliphatic rings. The minimum atomic E-state index is -4.84. The second kappa shape index (κ2) is 8.58. The predicted octanol–water partition coefficient (Wildman–Crippen LogP) is 5.70. The summed E-state index contributed by atoms with van der Waals surface area (Å²) in [5, 5.41) is 0. The van der Waals surface area contributed by atoms with E-state index in [1.807, 2.05) is 19.1 Å². The number of halogens is 3. The Labute approximate surface area is 185 Å². The Morgan fingerprint density at radius 3 is 2.25 bits per heavy atom. The summed E-state index contributed by atoms with van der Waals surface area (Å²) < 4.78 is 46.5. The van der Waals surface area contributed by atoms with Gasteiger partial charge in [0.1, 0.15) is 11.5 Å². The zero-order chi connectivity index (χ0) is 22.9. The van der Waals surface area contributed by atoms with Crippen molar-refractivity contribution in [3.8, 4) is 5.75 Å². The number of nitrogens with zero attached hydrogens (tertiary/aromatic N) is 1. The molecule has 0 fully saturated rings. The van der Waals surface area contributed by atoms with Crippen LogP contribution in [0.3, 0.4) is 0 Å². The van der Waals surface area contributed by atoms with Gasteiger partial charge in [-0.1, -0.05) is 29.8 Å². The molecule has 0 radical (unpaired) electrons. The molecule has 4 rings (SSSR count). The largest absolute Gasteiger partial charge is 0.573 e. The number of ether oxygens (including phenoxy) is 1. The summed E-state index contributed by atoms with van der Waals surface area (Å²) in [6.45, 7) is 1.91. The van der Waals surface area contributed by atoms with Crippen molar-refractivity contribution in [3.63, 3.8) is 0 Å². The van der Waals surface area contributed by atoms with Crippen LogP contribution in [0.25, 0.3) is 5.57 Å². The third-order valence-electron chi connectivity index (χ3n) is 4.65. The normalized spacial score (nSPS) is 14.4. The van der Waals surface area contributed by atoms with E-state index in [1.54, 1.807) is 24.3 Å². The zero-order valence-electron chi connectivity index (χ0n) is 16.7. The van der Waals surface area contributed by atoms with Gasteiger partial charge in [-0.25, -0.2) is 4.90 Å². The first-order valence-corrected chi connectivity index (χ1v) is 10.4. The number of carbonyl (C=O) groups excluding carboxylic acids is 2. The Kier molecular flexibility index (Phi) is 5.84. The number of amides is 2. The maximum absolute atomic E-state index is 13.3. The number of rotatable bonds is 6. The number of anilines is 1. The first-order chi connectivity index (χ1) is 15.2. The van der Waals surface area contributed by atoms with E-state index in [0.717, 1.165) is 22.6 Å². The van der Waals surface area contributed by atoms with Gasteiger partial charge < -0.3 is 9.15 Å². The van der Waals surface area contributed by atoms with Crippen molar-refractivity contribution in [3.05, 3.63) is 88.7 Å². The Morgan fingerprint density at radius 1 is 0.969 bits per heavy atom. The molecule has 0 spiro atoms. The van der Waals surface area contributed by atoms with E-state index in [4.69, 9.17) is 4.42 Å². The van der Waals surface area contributed by atoms with Crippen molar-refractivity contribution < 1.29 is 31.9 Å². The monoisotopic (exact) mass is 459 g/mol. The van der Waals surface area contributed by atoms with Crippen LogP contribution in [0.4, 0.5) is 18.9 Å². The summed E-state index contributed by atoms with van der Waals surface area (Å²) in [4.78, 5) is 27.7. The molecule has 0 atom stereocenters.